The first kappa shape index (κ1) is 27.8. The number of carboxylic acids is 1. The van der Waals surface area contributed by atoms with Crippen molar-refractivity contribution in [3.05, 3.63) is 0 Å². The highest BCUT2D eigenvalue weighted by molar-refractivity contribution is 5.94. The second-order valence-corrected chi connectivity index (χ2v) is 8.10. The lowest BCUT2D eigenvalue weighted by Crippen LogP contribution is -2.60. The minimum atomic E-state index is -1.28. The molecular formula is C20H38N4O6. The van der Waals surface area contributed by atoms with Crippen molar-refractivity contribution in [2.75, 3.05) is 6.61 Å². The van der Waals surface area contributed by atoms with E-state index < -0.39 is 54.5 Å². The predicted molar refractivity (Wildman–Crippen MR) is 112 cm³/mol. The Hall–Kier alpha value is -2.20. The van der Waals surface area contributed by atoms with Gasteiger partial charge in [-0.2, -0.15) is 0 Å². The van der Waals surface area contributed by atoms with Gasteiger partial charge >= 0.3 is 5.97 Å². The molecule has 10 nitrogen and oxygen atoms in total. The third-order valence-electron chi connectivity index (χ3n) is 5.40. The number of aliphatic carboxylic acids is 1. The molecule has 3 amide bonds. The number of hydrogen-bond donors (Lipinski definition) is 6. The standard InChI is InChI=1S/C20H38N4O6/c1-7-11(5)14(21)18(27)22-13(9-25)17(26)24-16(12(6)8-2)19(28)23-15(10(3)4)20(29)30/h10-16,25H,7-9,21H2,1-6H3,(H,22,27)(H,23,28)(H,24,26)(H,29,30). The second-order valence-electron chi connectivity index (χ2n) is 8.10. The Kier molecular flexibility index (Phi) is 12.2. The molecule has 0 aromatic heterocycles. The molecule has 7 N–H and O–H groups in total. The van der Waals surface area contributed by atoms with E-state index in [2.05, 4.69) is 16.0 Å². The van der Waals surface area contributed by atoms with Gasteiger partial charge in [-0.1, -0.05) is 54.4 Å². The Morgan fingerprint density at radius 2 is 1.30 bits per heavy atom. The van der Waals surface area contributed by atoms with Crippen LogP contribution < -0.4 is 21.7 Å². The molecule has 0 saturated heterocycles. The molecule has 0 aliphatic heterocycles. The number of carbonyl (C=O) groups is 4. The molecule has 0 radical (unpaired) electrons. The summed E-state index contributed by atoms with van der Waals surface area (Å²) in [5.41, 5.74) is 5.86. The minimum absolute atomic E-state index is 0.116. The molecule has 6 unspecified atom stereocenters. The zero-order valence-corrected chi connectivity index (χ0v) is 18.8. The van der Waals surface area contributed by atoms with Crippen molar-refractivity contribution >= 4 is 23.7 Å². The Balaban J connectivity index is 5.34. The SMILES string of the molecule is CCC(C)C(N)C(=O)NC(CO)C(=O)NC(C(=O)NC(C(=O)O)C(C)C)C(C)CC. The zero-order chi connectivity index (χ0) is 23.6. The number of aliphatic hydroxyl groups is 1. The van der Waals surface area contributed by atoms with Crippen LogP contribution in [0.4, 0.5) is 0 Å². The quantitative estimate of drug-likeness (QED) is 0.231. The highest BCUT2D eigenvalue weighted by atomic mass is 16.4. The van der Waals surface area contributed by atoms with Crippen LogP contribution in [0.15, 0.2) is 0 Å². The molecule has 0 spiro atoms. The Morgan fingerprint density at radius 3 is 1.70 bits per heavy atom. The first-order valence-electron chi connectivity index (χ1n) is 10.4. The normalized spacial score (nSPS) is 17.2. The zero-order valence-electron chi connectivity index (χ0n) is 18.8. The number of nitrogens with two attached hydrogens (primary N) is 1. The van der Waals surface area contributed by atoms with Gasteiger partial charge in [0.05, 0.1) is 12.6 Å². The molecule has 0 heterocycles. The van der Waals surface area contributed by atoms with Crippen molar-refractivity contribution < 1.29 is 29.4 Å². The fraction of sp³-hybridized carbons (Fsp3) is 0.800. The van der Waals surface area contributed by atoms with Gasteiger partial charge in [-0.25, -0.2) is 4.79 Å². The molecule has 10 heteroatoms. The predicted octanol–water partition coefficient (Wildman–Crippen LogP) is -0.407. The van der Waals surface area contributed by atoms with Crippen LogP contribution in [0.2, 0.25) is 0 Å². The lowest BCUT2D eigenvalue weighted by atomic mass is 9.96. The number of aliphatic hydroxyl groups excluding tert-OH is 1. The van der Waals surface area contributed by atoms with E-state index in [1.165, 1.54) is 0 Å². The van der Waals surface area contributed by atoms with Crippen molar-refractivity contribution in [2.24, 2.45) is 23.5 Å². The first-order valence-corrected chi connectivity index (χ1v) is 10.4. The number of carbonyl (C=O) groups excluding carboxylic acids is 3. The fourth-order valence-corrected chi connectivity index (χ4v) is 2.69. The van der Waals surface area contributed by atoms with Gasteiger partial charge in [0.1, 0.15) is 18.1 Å². The summed E-state index contributed by atoms with van der Waals surface area (Å²) < 4.78 is 0. The van der Waals surface area contributed by atoms with Crippen molar-refractivity contribution in [1.29, 1.82) is 0 Å². The van der Waals surface area contributed by atoms with E-state index in [1.54, 1.807) is 27.7 Å². The third-order valence-corrected chi connectivity index (χ3v) is 5.40. The summed E-state index contributed by atoms with van der Waals surface area (Å²) in [5.74, 6) is -3.92. The number of rotatable bonds is 13. The Morgan fingerprint density at radius 1 is 0.800 bits per heavy atom. The number of hydrogen-bond acceptors (Lipinski definition) is 6. The number of nitrogens with one attached hydrogen (secondary N) is 3. The van der Waals surface area contributed by atoms with E-state index >= 15 is 0 Å². The van der Waals surface area contributed by atoms with E-state index in [1.807, 2.05) is 13.8 Å². The van der Waals surface area contributed by atoms with Crippen LogP contribution in [0.1, 0.15) is 54.4 Å². The third kappa shape index (κ3) is 8.27. The van der Waals surface area contributed by atoms with Crippen molar-refractivity contribution in [3.63, 3.8) is 0 Å². The fourth-order valence-electron chi connectivity index (χ4n) is 2.69. The van der Waals surface area contributed by atoms with Crippen LogP contribution in [0.3, 0.4) is 0 Å². The van der Waals surface area contributed by atoms with Crippen LogP contribution in [-0.2, 0) is 19.2 Å². The lowest BCUT2D eigenvalue weighted by molar-refractivity contribution is -0.144. The largest absolute Gasteiger partial charge is 0.480 e. The summed E-state index contributed by atoms with van der Waals surface area (Å²) in [6, 6.07) is -4.26. The molecule has 6 atom stereocenters. The summed E-state index contributed by atoms with van der Waals surface area (Å²) >= 11 is 0. The van der Waals surface area contributed by atoms with E-state index in [-0.39, 0.29) is 17.8 Å². The van der Waals surface area contributed by atoms with Crippen LogP contribution in [0, 0.1) is 17.8 Å². The molecule has 0 aliphatic rings. The molecule has 0 bridgehead atoms. The summed E-state index contributed by atoms with van der Waals surface area (Å²) in [4.78, 5) is 49.0. The van der Waals surface area contributed by atoms with E-state index in [9.17, 15) is 29.4 Å². The van der Waals surface area contributed by atoms with Gasteiger partial charge in [0.25, 0.3) is 0 Å². The van der Waals surface area contributed by atoms with Gasteiger partial charge in [0.15, 0.2) is 0 Å². The molecular weight excluding hydrogens is 392 g/mol. The minimum Gasteiger partial charge on any atom is -0.480 e. The molecule has 0 aromatic carbocycles. The summed E-state index contributed by atoms with van der Waals surface area (Å²) in [6.45, 7) is 9.89. The topological polar surface area (TPSA) is 171 Å². The maximum Gasteiger partial charge on any atom is 0.326 e. The second kappa shape index (κ2) is 13.2. The molecule has 0 aliphatic carbocycles. The molecule has 0 aromatic rings. The van der Waals surface area contributed by atoms with Gasteiger partial charge in [0, 0.05) is 0 Å². The van der Waals surface area contributed by atoms with E-state index in [0.717, 1.165) is 0 Å². The molecule has 0 saturated carbocycles. The smallest absolute Gasteiger partial charge is 0.326 e. The molecule has 0 fully saturated rings. The summed E-state index contributed by atoms with van der Waals surface area (Å²) in [6.07, 6.45) is 1.20. The van der Waals surface area contributed by atoms with E-state index in [0.29, 0.717) is 12.8 Å². The van der Waals surface area contributed by atoms with Crippen molar-refractivity contribution in [2.45, 2.75) is 78.6 Å². The van der Waals surface area contributed by atoms with Gasteiger partial charge in [0.2, 0.25) is 17.7 Å². The lowest BCUT2D eigenvalue weighted by Gasteiger charge is -2.28. The van der Waals surface area contributed by atoms with Crippen molar-refractivity contribution in [1.82, 2.24) is 16.0 Å². The maximum absolute atomic E-state index is 12.7. The summed E-state index contributed by atoms with van der Waals surface area (Å²) in [7, 11) is 0. The van der Waals surface area contributed by atoms with Crippen LogP contribution in [0.25, 0.3) is 0 Å². The number of carboxylic acid groups (broad SMARTS) is 1. The van der Waals surface area contributed by atoms with Gasteiger partial charge in [-0.3, -0.25) is 14.4 Å². The van der Waals surface area contributed by atoms with Crippen molar-refractivity contribution in [3.8, 4) is 0 Å². The first-order chi connectivity index (χ1) is 13.9. The monoisotopic (exact) mass is 430 g/mol. The van der Waals surface area contributed by atoms with E-state index in [4.69, 9.17) is 5.73 Å². The van der Waals surface area contributed by atoms with Crippen LogP contribution in [-0.4, -0.2) is 64.7 Å². The summed E-state index contributed by atoms with van der Waals surface area (Å²) in [5, 5.41) is 26.3. The average Bonchev–Trinajstić information content (AvgIpc) is 2.70. The Labute approximate surface area is 178 Å². The highest BCUT2D eigenvalue weighted by Crippen LogP contribution is 2.11. The van der Waals surface area contributed by atoms with Crippen LogP contribution >= 0.6 is 0 Å². The number of amides is 3. The molecule has 0 rings (SSSR count). The highest BCUT2D eigenvalue weighted by Gasteiger charge is 2.33. The molecule has 174 valence electrons. The van der Waals surface area contributed by atoms with Gasteiger partial charge in [-0.15, -0.1) is 0 Å². The van der Waals surface area contributed by atoms with Crippen LogP contribution in [0.5, 0.6) is 0 Å². The maximum atomic E-state index is 12.7. The average molecular weight is 431 g/mol. The molecule has 30 heavy (non-hydrogen) atoms. The van der Waals surface area contributed by atoms with Gasteiger partial charge in [-0.05, 0) is 17.8 Å². The Bertz CT molecular complexity index is 598. The van der Waals surface area contributed by atoms with Gasteiger partial charge < -0.3 is 31.9 Å².